The molecule has 20 heavy (non-hydrogen) atoms. The number of likely N-dealkylation sites (N-methyl/N-ethyl adjacent to an activating group) is 1. The van der Waals surface area contributed by atoms with Crippen LogP contribution in [0.5, 0.6) is 0 Å². The first-order valence-corrected chi connectivity index (χ1v) is 8.81. The second-order valence-electron chi connectivity index (χ2n) is 6.14. The van der Waals surface area contributed by atoms with Crippen LogP contribution in [-0.2, 0) is 12.8 Å². The van der Waals surface area contributed by atoms with Gasteiger partial charge < -0.3 is 5.32 Å². The van der Waals surface area contributed by atoms with Crippen LogP contribution in [0, 0.1) is 0 Å². The van der Waals surface area contributed by atoms with Crippen LogP contribution in [0.25, 0.3) is 0 Å². The lowest BCUT2D eigenvalue weighted by atomic mass is 9.86. The van der Waals surface area contributed by atoms with Crippen molar-refractivity contribution in [3.05, 3.63) is 33.8 Å². The zero-order chi connectivity index (χ0) is 13.9. The van der Waals surface area contributed by atoms with Crippen LogP contribution < -0.4 is 5.32 Å². The van der Waals surface area contributed by atoms with Crippen molar-refractivity contribution in [1.29, 1.82) is 0 Å². The summed E-state index contributed by atoms with van der Waals surface area (Å²) in [4.78, 5) is 2.76. The molecule has 1 aliphatic heterocycles. The van der Waals surface area contributed by atoms with Gasteiger partial charge in [-0.15, -0.1) is 0 Å². The molecule has 3 rings (SSSR count). The molecule has 3 heteroatoms. The molecule has 110 valence electrons. The normalized spacial score (nSPS) is 26.6. The van der Waals surface area contributed by atoms with E-state index in [2.05, 4.69) is 51.3 Å². The smallest absolute Gasteiger partial charge is 0.0224 e. The van der Waals surface area contributed by atoms with Crippen LogP contribution in [0.15, 0.2) is 22.7 Å². The summed E-state index contributed by atoms with van der Waals surface area (Å²) < 4.78 is 1.22. The molecule has 1 heterocycles. The maximum Gasteiger partial charge on any atom is 0.0224 e. The fourth-order valence-electron chi connectivity index (χ4n) is 3.92. The lowest BCUT2D eigenvalue weighted by molar-refractivity contribution is 0.109. The van der Waals surface area contributed by atoms with Gasteiger partial charge in [0.25, 0.3) is 0 Å². The second kappa shape index (κ2) is 6.59. The number of rotatable bonds is 3. The standard InChI is InChI=1S/C17H25BrN2/c1-2-20(17-4-3-9-19-12-17)16-8-6-13-10-15(18)7-5-14(13)11-16/h5,7,10,16-17,19H,2-4,6,8-9,11-12H2,1H3. The van der Waals surface area contributed by atoms with E-state index in [-0.39, 0.29) is 0 Å². The predicted molar refractivity (Wildman–Crippen MR) is 88.2 cm³/mol. The highest BCUT2D eigenvalue weighted by Crippen LogP contribution is 2.28. The molecule has 1 aromatic rings. The first kappa shape index (κ1) is 14.6. The summed E-state index contributed by atoms with van der Waals surface area (Å²) in [6, 6.07) is 8.30. The van der Waals surface area contributed by atoms with Crippen molar-refractivity contribution in [2.45, 2.75) is 51.1 Å². The molecule has 1 aromatic carbocycles. The SMILES string of the molecule is CCN(C1CCCNC1)C1CCc2cc(Br)ccc2C1. The van der Waals surface area contributed by atoms with E-state index >= 15 is 0 Å². The maximum atomic E-state index is 3.59. The van der Waals surface area contributed by atoms with Crippen LogP contribution in [0.2, 0.25) is 0 Å². The number of nitrogens with one attached hydrogen (secondary N) is 1. The highest BCUT2D eigenvalue weighted by atomic mass is 79.9. The molecule has 1 aliphatic carbocycles. The molecular formula is C17H25BrN2. The molecule has 2 nitrogen and oxygen atoms in total. The molecule has 1 N–H and O–H groups in total. The number of piperidine rings is 1. The van der Waals surface area contributed by atoms with Crippen LogP contribution in [0.3, 0.4) is 0 Å². The first-order chi connectivity index (χ1) is 9.78. The summed E-state index contributed by atoms with van der Waals surface area (Å²) in [5, 5.41) is 3.57. The van der Waals surface area contributed by atoms with Crippen molar-refractivity contribution in [2.24, 2.45) is 0 Å². The number of hydrogen-bond acceptors (Lipinski definition) is 2. The van der Waals surface area contributed by atoms with E-state index in [1.165, 1.54) is 56.2 Å². The van der Waals surface area contributed by atoms with E-state index in [0.29, 0.717) is 0 Å². The number of aryl methyl sites for hydroxylation is 1. The zero-order valence-corrected chi connectivity index (χ0v) is 14.0. The van der Waals surface area contributed by atoms with Gasteiger partial charge in [0.05, 0.1) is 0 Å². The molecule has 2 atom stereocenters. The van der Waals surface area contributed by atoms with E-state index in [1.807, 2.05) is 0 Å². The molecule has 2 aliphatic rings. The van der Waals surface area contributed by atoms with Crippen molar-refractivity contribution in [3.8, 4) is 0 Å². The third kappa shape index (κ3) is 3.10. The largest absolute Gasteiger partial charge is 0.315 e. The fourth-order valence-corrected chi connectivity index (χ4v) is 4.33. The average Bonchev–Trinajstić information content (AvgIpc) is 2.49. The third-order valence-corrected chi connectivity index (χ3v) is 5.44. The summed E-state index contributed by atoms with van der Waals surface area (Å²) in [6.45, 7) is 5.89. The van der Waals surface area contributed by atoms with E-state index in [1.54, 1.807) is 11.1 Å². The molecule has 0 saturated carbocycles. The highest BCUT2D eigenvalue weighted by Gasteiger charge is 2.29. The van der Waals surface area contributed by atoms with Crippen molar-refractivity contribution >= 4 is 15.9 Å². The first-order valence-electron chi connectivity index (χ1n) is 8.01. The highest BCUT2D eigenvalue weighted by molar-refractivity contribution is 9.10. The molecule has 1 saturated heterocycles. The summed E-state index contributed by atoms with van der Waals surface area (Å²) in [5.41, 5.74) is 3.11. The van der Waals surface area contributed by atoms with E-state index in [4.69, 9.17) is 0 Å². The van der Waals surface area contributed by atoms with Crippen molar-refractivity contribution in [2.75, 3.05) is 19.6 Å². The van der Waals surface area contributed by atoms with Gasteiger partial charge in [0, 0.05) is 23.1 Å². The monoisotopic (exact) mass is 336 g/mol. The Bertz CT molecular complexity index is 454. The van der Waals surface area contributed by atoms with Gasteiger partial charge in [-0.3, -0.25) is 4.90 Å². The number of benzene rings is 1. The zero-order valence-electron chi connectivity index (χ0n) is 12.4. The minimum absolute atomic E-state index is 0.735. The van der Waals surface area contributed by atoms with E-state index in [9.17, 15) is 0 Å². The fraction of sp³-hybridized carbons (Fsp3) is 0.647. The molecule has 0 spiro atoms. The van der Waals surface area contributed by atoms with Crippen LogP contribution in [-0.4, -0.2) is 36.6 Å². The number of fused-ring (bicyclic) bond motifs is 1. The lowest BCUT2D eigenvalue weighted by Gasteiger charge is -2.41. The number of nitrogens with zero attached hydrogens (tertiary/aromatic N) is 1. The summed E-state index contributed by atoms with van der Waals surface area (Å²) in [6.07, 6.45) is 6.47. The van der Waals surface area contributed by atoms with Crippen molar-refractivity contribution < 1.29 is 0 Å². The van der Waals surface area contributed by atoms with E-state index < -0.39 is 0 Å². The summed E-state index contributed by atoms with van der Waals surface area (Å²) in [5.74, 6) is 0. The topological polar surface area (TPSA) is 15.3 Å². The Hall–Kier alpha value is -0.380. The quantitative estimate of drug-likeness (QED) is 0.910. The van der Waals surface area contributed by atoms with Gasteiger partial charge in [-0.1, -0.05) is 28.9 Å². The Morgan fingerprint density at radius 3 is 2.90 bits per heavy atom. The summed E-state index contributed by atoms with van der Waals surface area (Å²) in [7, 11) is 0. The van der Waals surface area contributed by atoms with Gasteiger partial charge in [0.1, 0.15) is 0 Å². The molecule has 0 bridgehead atoms. The average molecular weight is 337 g/mol. The lowest BCUT2D eigenvalue weighted by Crippen LogP contribution is -2.51. The van der Waals surface area contributed by atoms with Gasteiger partial charge >= 0.3 is 0 Å². The van der Waals surface area contributed by atoms with Crippen LogP contribution in [0.4, 0.5) is 0 Å². The van der Waals surface area contributed by atoms with E-state index in [0.717, 1.165) is 12.1 Å². The van der Waals surface area contributed by atoms with Gasteiger partial charge in [-0.25, -0.2) is 0 Å². The van der Waals surface area contributed by atoms with Gasteiger partial charge in [0.15, 0.2) is 0 Å². The van der Waals surface area contributed by atoms with Crippen LogP contribution in [0.1, 0.15) is 37.3 Å². The number of halogens is 1. The van der Waals surface area contributed by atoms with Gasteiger partial charge in [0.2, 0.25) is 0 Å². The Balaban J connectivity index is 1.72. The second-order valence-corrected chi connectivity index (χ2v) is 7.06. The van der Waals surface area contributed by atoms with Gasteiger partial charge in [-0.2, -0.15) is 0 Å². The third-order valence-electron chi connectivity index (χ3n) is 4.94. The molecule has 0 aromatic heterocycles. The molecular weight excluding hydrogens is 312 g/mol. The Labute approximate surface area is 131 Å². The molecule has 0 radical (unpaired) electrons. The predicted octanol–water partition coefficient (Wildman–Crippen LogP) is 3.38. The van der Waals surface area contributed by atoms with Crippen molar-refractivity contribution in [1.82, 2.24) is 10.2 Å². The molecule has 1 fully saturated rings. The Morgan fingerprint density at radius 1 is 1.25 bits per heavy atom. The Morgan fingerprint density at radius 2 is 2.15 bits per heavy atom. The van der Waals surface area contributed by atoms with Crippen molar-refractivity contribution in [3.63, 3.8) is 0 Å². The Kier molecular flexibility index (Phi) is 4.79. The van der Waals surface area contributed by atoms with Crippen LogP contribution >= 0.6 is 15.9 Å². The van der Waals surface area contributed by atoms with Gasteiger partial charge in [-0.05, 0) is 68.5 Å². The minimum atomic E-state index is 0.735. The molecule has 2 unspecified atom stereocenters. The summed E-state index contributed by atoms with van der Waals surface area (Å²) >= 11 is 3.59. The molecule has 0 amide bonds. The maximum absolute atomic E-state index is 3.59. The number of hydrogen-bond donors (Lipinski definition) is 1. The minimum Gasteiger partial charge on any atom is -0.315 e.